The van der Waals surface area contributed by atoms with Gasteiger partial charge in [0.1, 0.15) is 5.75 Å². The SMILES string of the molecule is COC(=O)c1ccc(Cl)c(N=Cc2ccc(OCC(=O)O)c(Cl)c2)c1. The summed E-state index contributed by atoms with van der Waals surface area (Å²) in [6, 6.07) is 9.37. The highest BCUT2D eigenvalue weighted by Gasteiger charge is 2.09. The third-order valence-electron chi connectivity index (χ3n) is 3.03. The number of aliphatic carboxylic acids is 1. The Labute approximate surface area is 153 Å². The lowest BCUT2D eigenvalue weighted by atomic mass is 10.2. The van der Waals surface area contributed by atoms with Crippen molar-refractivity contribution in [2.24, 2.45) is 4.99 Å². The molecule has 6 nitrogen and oxygen atoms in total. The van der Waals surface area contributed by atoms with Crippen molar-refractivity contribution in [3.8, 4) is 5.75 Å². The van der Waals surface area contributed by atoms with Crippen molar-refractivity contribution in [2.75, 3.05) is 13.7 Å². The zero-order chi connectivity index (χ0) is 18.4. The summed E-state index contributed by atoms with van der Waals surface area (Å²) in [6.45, 7) is -0.483. The predicted octanol–water partition coefficient (Wildman–Crippen LogP) is 3.99. The highest BCUT2D eigenvalue weighted by Crippen LogP contribution is 2.28. The van der Waals surface area contributed by atoms with Crippen LogP contribution in [0.5, 0.6) is 5.75 Å². The van der Waals surface area contributed by atoms with Gasteiger partial charge < -0.3 is 14.6 Å². The molecule has 1 N–H and O–H groups in total. The van der Waals surface area contributed by atoms with Crippen molar-refractivity contribution in [1.29, 1.82) is 0 Å². The molecule has 0 fully saturated rings. The fraction of sp³-hybridized carbons (Fsp3) is 0.118. The summed E-state index contributed by atoms with van der Waals surface area (Å²) in [5.74, 6) is -1.33. The van der Waals surface area contributed by atoms with E-state index in [-0.39, 0.29) is 10.8 Å². The number of carbonyl (C=O) groups is 2. The van der Waals surface area contributed by atoms with Crippen molar-refractivity contribution < 1.29 is 24.2 Å². The number of carboxylic acid groups (broad SMARTS) is 1. The molecule has 8 heteroatoms. The van der Waals surface area contributed by atoms with Gasteiger partial charge in [-0.25, -0.2) is 9.59 Å². The lowest BCUT2D eigenvalue weighted by molar-refractivity contribution is -0.139. The molecule has 2 aromatic carbocycles. The number of benzene rings is 2. The summed E-state index contributed by atoms with van der Waals surface area (Å²) in [4.78, 5) is 26.3. The van der Waals surface area contributed by atoms with E-state index in [2.05, 4.69) is 9.73 Å². The van der Waals surface area contributed by atoms with Gasteiger partial charge in [-0.1, -0.05) is 23.2 Å². The zero-order valence-corrected chi connectivity index (χ0v) is 14.5. The molecular formula is C17H13Cl2NO5. The van der Waals surface area contributed by atoms with E-state index in [0.29, 0.717) is 21.8 Å². The topological polar surface area (TPSA) is 85.2 Å². The average Bonchev–Trinajstić information content (AvgIpc) is 2.59. The van der Waals surface area contributed by atoms with Crippen molar-refractivity contribution >= 4 is 47.0 Å². The lowest BCUT2D eigenvalue weighted by Gasteiger charge is -2.06. The Morgan fingerprint density at radius 3 is 2.56 bits per heavy atom. The molecule has 130 valence electrons. The average molecular weight is 382 g/mol. The van der Waals surface area contributed by atoms with Crippen LogP contribution in [0.25, 0.3) is 0 Å². The van der Waals surface area contributed by atoms with Gasteiger partial charge >= 0.3 is 11.9 Å². The monoisotopic (exact) mass is 381 g/mol. The normalized spacial score (nSPS) is 10.7. The van der Waals surface area contributed by atoms with E-state index in [4.69, 9.17) is 33.0 Å². The first-order valence-electron chi connectivity index (χ1n) is 6.97. The second-order valence-corrected chi connectivity index (χ2v) is 5.60. The number of methoxy groups -OCH3 is 1. The minimum absolute atomic E-state index is 0.250. The van der Waals surface area contributed by atoms with Crippen LogP contribution in [0.3, 0.4) is 0 Å². The number of halogens is 2. The summed E-state index contributed by atoms with van der Waals surface area (Å²) in [6.07, 6.45) is 1.51. The van der Waals surface area contributed by atoms with Gasteiger partial charge in [0.25, 0.3) is 0 Å². The molecule has 0 aliphatic heterocycles. The Kier molecular flexibility index (Phi) is 6.38. The Balaban J connectivity index is 2.20. The molecule has 0 radical (unpaired) electrons. The van der Waals surface area contributed by atoms with Gasteiger partial charge in [0.15, 0.2) is 6.61 Å². The van der Waals surface area contributed by atoms with Crippen LogP contribution in [0.1, 0.15) is 15.9 Å². The number of nitrogens with zero attached hydrogens (tertiary/aromatic N) is 1. The summed E-state index contributed by atoms with van der Waals surface area (Å²) < 4.78 is 9.70. The molecule has 0 aliphatic rings. The maximum Gasteiger partial charge on any atom is 0.341 e. The standard InChI is InChI=1S/C17H13Cl2NO5/c1-24-17(23)11-3-4-12(18)14(7-11)20-8-10-2-5-15(13(19)6-10)25-9-16(21)22/h2-8H,9H2,1H3,(H,21,22). The number of rotatable bonds is 6. The van der Waals surface area contributed by atoms with Crippen LogP contribution in [0.2, 0.25) is 10.0 Å². The van der Waals surface area contributed by atoms with E-state index in [9.17, 15) is 9.59 Å². The molecule has 0 aromatic heterocycles. The largest absolute Gasteiger partial charge is 0.480 e. The molecule has 0 saturated carbocycles. The maximum absolute atomic E-state index is 11.6. The van der Waals surface area contributed by atoms with Crippen LogP contribution in [0.15, 0.2) is 41.4 Å². The number of aliphatic imine (C=N–C) groups is 1. The molecular weight excluding hydrogens is 369 g/mol. The van der Waals surface area contributed by atoms with E-state index in [0.717, 1.165) is 0 Å². The summed E-state index contributed by atoms with van der Waals surface area (Å²) in [5.41, 5.74) is 1.37. The lowest BCUT2D eigenvalue weighted by Crippen LogP contribution is -2.09. The molecule has 0 bridgehead atoms. The number of carboxylic acids is 1. The van der Waals surface area contributed by atoms with E-state index in [1.807, 2.05) is 0 Å². The molecule has 0 atom stereocenters. The molecule has 0 amide bonds. The molecule has 2 rings (SSSR count). The van der Waals surface area contributed by atoms with Crippen LogP contribution >= 0.6 is 23.2 Å². The first-order chi connectivity index (χ1) is 11.9. The predicted molar refractivity (Wildman–Crippen MR) is 94.6 cm³/mol. The number of ether oxygens (including phenoxy) is 2. The molecule has 0 aliphatic carbocycles. The van der Waals surface area contributed by atoms with E-state index >= 15 is 0 Å². The van der Waals surface area contributed by atoms with Crippen LogP contribution in [-0.4, -0.2) is 37.0 Å². The Hall–Kier alpha value is -2.57. The van der Waals surface area contributed by atoms with Gasteiger partial charge in [-0.05, 0) is 42.0 Å². The Morgan fingerprint density at radius 2 is 1.92 bits per heavy atom. The van der Waals surface area contributed by atoms with Crippen LogP contribution < -0.4 is 4.74 Å². The minimum Gasteiger partial charge on any atom is -0.480 e. The Morgan fingerprint density at radius 1 is 1.16 bits per heavy atom. The van der Waals surface area contributed by atoms with Crippen LogP contribution in [-0.2, 0) is 9.53 Å². The number of esters is 1. The van der Waals surface area contributed by atoms with Crippen molar-refractivity contribution in [2.45, 2.75) is 0 Å². The third-order valence-corrected chi connectivity index (χ3v) is 3.64. The quantitative estimate of drug-likeness (QED) is 0.603. The highest BCUT2D eigenvalue weighted by molar-refractivity contribution is 6.33. The molecule has 2 aromatic rings. The van der Waals surface area contributed by atoms with E-state index in [1.54, 1.807) is 30.3 Å². The van der Waals surface area contributed by atoms with Gasteiger partial charge in [0.05, 0.1) is 28.4 Å². The number of hydrogen-bond acceptors (Lipinski definition) is 5. The maximum atomic E-state index is 11.6. The molecule has 0 spiro atoms. The van der Waals surface area contributed by atoms with Crippen LogP contribution in [0, 0.1) is 0 Å². The highest BCUT2D eigenvalue weighted by atomic mass is 35.5. The molecule has 0 saturated heterocycles. The van der Waals surface area contributed by atoms with Gasteiger partial charge in [0.2, 0.25) is 0 Å². The van der Waals surface area contributed by atoms with E-state index < -0.39 is 18.5 Å². The zero-order valence-electron chi connectivity index (χ0n) is 13.0. The van der Waals surface area contributed by atoms with Gasteiger partial charge in [-0.2, -0.15) is 0 Å². The first kappa shape index (κ1) is 18.8. The van der Waals surface area contributed by atoms with Crippen molar-refractivity contribution in [3.63, 3.8) is 0 Å². The number of hydrogen-bond donors (Lipinski definition) is 1. The van der Waals surface area contributed by atoms with Gasteiger partial charge in [-0.15, -0.1) is 0 Å². The summed E-state index contributed by atoms with van der Waals surface area (Å²) in [5, 5.41) is 9.22. The first-order valence-corrected chi connectivity index (χ1v) is 7.72. The van der Waals surface area contributed by atoms with Crippen molar-refractivity contribution in [3.05, 3.63) is 57.6 Å². The fourth-order valence-corrected chi connectivity index (χ4v) is 2.26. The molecule has 0 heterocycles. The number of carbonyl (C=O) groups excluding carboxylic acids is 1. The minimum atomic E-state index is -1.10. The molecule has 0 unspecified atom stereocenters. The second-order valence-electron chi connectivity index (χ2n) is 4.79. The smallest absolute Gasteiger partial charge is 0.341 e. The van der Waals surface area contributed by atoms with Gasteiger partial charge in [0, 0.05) is 6.21 Å². The summed E-state index contributed by atoms with van der Waals surface area (Å²) in [7, 11) is 1.29. The fourth-order valence-electron chi connectivity index (χ4n) is 1.85. The van der Waals surface area contributed by atoms with Gasteiger partial charge in [-0.3, -0.25) is 4.99 Å². The second kappa shape index (κ2) is 8.50. The van der Waals surface area contributed by atoms with Crippen LogP contribution in [0.4, 0.5) is 5.69 Å². The van der Waals surface area contributed by atoms with Crippen molar-refractivity contribution in [1.82, 2.24) is 0 Å². The van der Waals surface area contributed by atoms with E-state index in [1.165, 1.54) is 19.4 Å². The third kappa shape index (κ3) is 5.20. The summed E-state index contributed by atoms with van der Waals surface area (Å²) >= 11 is 12.1. The molecule has 25 heavy (non-hydrogen) atoms. The Bertz CT molecular complexity index is 836.